The molecule has 0 amide bonds. The van der Waals surface area contributed by atoms with Crippen molar-refractivity contribution >= 4 is 5.97 Å². The van der Waals surface area contributed by atoms with Gasteiger partial charge in [0.05, 0.1) is 19.2 Å². The van der Waals surface area contributed by atoms with Crippen LogP contribution in [-0.4, -0.2) is 33.0 Å². The van der Waals surface area contributed by atoms with Crippen molar-refractivity contribution in [2.45, 2.75) is 6.42 Å². The minimum atomic E-state index is -0.765. The fourth-order valence-electron chi connectivity index (χ4n) is 1.44. The first-order valence-corrected chi connectivity index (χ1v) is 5.32. The van der Waals surface area contributed by atoms with Crippen LogP contribution in [0.2, 0.25) is 0 Å². The Morgan fingerprint density at radius 2 is 2.05 bits per heavy atom. The maximum atomic E-state index is 11.1. The van der Waals surface area contributed by atoms with Crippen LogP contribution in [0.25, 0.3) is 11.5 Å². The van der Waals surface area contributed by atoms with Crippen LogP contribution in [0, 0.1) is 0 Å². The van der Waals surface area contributed by atoms with E-state index >= 15 is 0 Å². The summed E-state index contributed by atoms with van der Waals surface area (Å²) in [5.41, 5.74) is -0.689. The van der Waals surface area contributed by atoms with E-state index in [1.165, 1.54) is 7.11 Å². The molecule has 0 aromatic carbocycles. The molecule has 0 unspecified atom stereocenters. The zero-order valence-corrected chi connectivity index (χ0v) is 9.97. The van der Waals surface area contributed by atoms with E-state index in [0.717, 1.165) is 0 Å². The van der Waals surface area contributed by atoms with Crippen molar-refractivity contribution in [2.75, 3.05) is 7.11 Å². The van der Waals surface area contributed by atoms with Gasteiger partial charge in [-0.2, -0.15) is 4.98 Å². The Kier molecular flexibility index (Phi) is 3.51. The van der Waals surface area contributed by atoms with Crippen LogP contribution in [0.1, 0.15) is 5.69 Å². The number of ether oxygens (including phenoxy) is 1. The standard InChI is InChI=1S/C11H10N4O4/c1-19-8(16)5-6-3-2-4-7(12-6)9-13-10(17)15-11(18)14-9/h2-4H,5H2,1H3,(H2,13,14,15,17,18). The van der Waals surface area contributed by atoms with Crippen molar-refractivity contribution in [3.05, 3.63) is 44.9 Å². The van der Waals surface area contributed by atoms with E-state index in [1.54, 1.807) is 18.2 Å². The highest BCUT2D eigenvalue weighted by Gasteiger charge is 2.08. The summed E-state index contributed by atoms with van der Waals surface area (Å²) in [7, 11) is 1.28. The maximum absolute atomic E-state index is 11.1. The van der Waals surface area contributed by atoms with Gasteiger partial charge in [-0.1, -0.05) is 6.07 Å². The number of H-pyrrole nitrogens is 2. The number of pyridine rings is 1. The van der Waals surface area contributed by atoms with E-state index in [-0.39, 0.29) is 12.2 Å². The molecule has 8 nitrogen and oxygen atoms in total. The Balaban J connectivity index is 2.40. The number of carbonyl (C=O) groups excluding carboxylic acids is 1. The zero-order valence-electron chi connectivity index (χ0n) is 9.97. The molecule has 0 spiro atoms. The Morgan fingerprint density at radius 1 is 1.26 bits per heavy atom. The molecule has 2 rings (SSSR count). The van der Waals surface area contributed by atoms with Crippen molar-refractivity contribution in [2.24, 2.45) is 0 Å². The molecule has 0 saturated carbocycles. The first-order chi connectivity index (χ1) is 9.08. The molecule has 0 aliphatic heterocycles. The number of aromatic nitrogens is 4. The van der Waals surface area contributed by atoms with Crippen molar-refractivity contribution in [3.8, 4) is 11.5 Å². The lowest BCUT2D eigenvalue weighted by Crippen LogP contribution is -2.25. The van der Waals surface area contributed by atoms with Gasteiger partial charge < -0.3 is 4.74 Å². The molecule has 19 heavy (non-hydrogen) atoms. The molecule has 0 aliphatic rings. The molecule has 2 aromatic heterocycles. The predicted octanol–water partition coefficient (Wildman–Crippen LogP) is -0.764. The molecule has 0 saturated heterocycles. The van der Waals surface area contributed by atoms with Gasteiger partial charge in [-0.25, -0.2) is 14.6 Å². The van der Waals surface area contributed by atoms with Crippen LogP contribution in [0.3, 0.4) is 0 Å². The van der Waals surface area contributed by atoms with Crippen LogP contribution < -0.4 is 11.4 Å². The first kappa shape index (κ1) is 12.7. The summed E-state index contributed by atoms with van der Waals surface area (Å²) in [4.78, 5) is 45.4. The summed E-state index contributed by atoms with van der Waals surface area (Å²) in [5.74, 6) is -0.391. The number of carbonyl (C=O) groups is 1. The lowest BCUT2D eigenvalue weighted by molar-refractivity contribution is -0.139. The largest absolute Gasteiger partial charge is 0.469 e. The van der Waals surface area contributed by atoms with Crippen molar-refractivity contribution < 1.29 is 9.53 Å². The normalized spacial score (nSPS) is 10.2. The number of rotatable bonds is 3. The van der Waals surface area contributed by atoms with Gasteiger partial charge >= 0.3 is 17.3 Å². The molecule has 0 fully saturated rings. The minimum absolute atomic E-state index is 0.00222. The monoisotopic (exact) mass is 262 g/mol. The third-order valence-electron chi connectivity index (χ3n) is 2.27. The van der Waals surface area contributed by atoms with E-state index in [0.29, 0.717) is 11.4 Å². The molecule has 0 aliphatic carbocycles. The number of hydrogen-bond acceptors (Lipinski definition) is 6. The molecule has 0 atom stereocenters. The Morgan fingerprint density at radius 3 is 2.74 bits per heavy atom. The van der Waals surface area contributed by atoms with E-state index in [2.05, 4.69) is 19.7 Å². The van der Waals surface area contributed by atoms with Crippen LogP contribution in [-0.2, 0) is 16.0 Å². The van der Waals surface area contributed by atoms with E-state index in [1.807, 2.05) is 4.98 Å². The van der Waals surface area contributed by atoms with Crippen molar-refractivity contribution in [3.63, 3.8) is 0 Å². The minimum Gasteiger partial charge on any atom is -0.469 e. The third kappa shape index (κ3) is 3.12. The highest BCUT2D eigenvalue weighted by Crippen LogP contribution is 2.10. The third-order valence-corrected chi connectivity index (χ3v) is 2.27. The van der Waals surface area contributed by atoms with Gasteiger partial charge in [0.1, 0.15) is 5.69 Å². The second kappa shape index (κ2) is 5.25. The lowest BCUT2D eigenvalue weighted by atomic mass is 10.2. The molecule has 98 valence electrons. The van der Waals surface area contributed by atoms with Crippen LogP contribution in [0.4, 0.5) is 0 Å². The number of esters is 1. The van der Waals surface area contributed by atoms with Gasteiger partial charge in [0.25, 0.3) is 0 Å². The van der Waals surface area contributed by atoms with Gasteiger partial charge in [0.2, 0.25) is 0 Å². The second-order valence-corrected chi connectivity index (χ2v) is 3.61. The van der Waals surface area contributed by atoms with Gasteiger partial charge in [-0.05, 0) is 12.1 Å². The summed E-state index contributed by atoms with van der Waals surface area (Å²) >= 11 is 0. The Labute approximate surface area is 106 Å². The highest BCUT2D eigenvalue weighted by atomic mass is 16.5. The number of methoxy groups -OCH3 is 1. The smallest absolute Gasteiger partial charge is 0.351 e. The van der Waals surface area contributed by atoms with Crippen LogP contribution in [0.15, 0.2) is 27.8 Å². The quantitative estimate of drug-likeness (QED) is 0.702. The number of nitrogens with zero attached hydrogens (tertiary/aromatic N) is 2. The van der Waals surface area contributed by atoms with Gasteiger partial charge in [-0.15, -0.1) is 0 Å². The molecule has 0 bridgehead atoms. The van der Waals surface area contributed by atoms with Crippen molar-refractivity contribution in [1.82, 2.24) is 19.9 Å². The number of nitrogens with one attached hydrogen (secondary N) is 2. The Bertz CT molecular complexity index is 691. The molecular weight excluding hydrogens is 252 g/mol. The maximum Gasteiger partial charge on any atom is 0.351 e. The summed E-state index contributed by atoms with van der Waals surface area (Å²) < 4.78 is 4.53. The van der Waals surface area contributed by atoms with E-state index in [9.17, 15) is 14.4 Å². The average Bonchev–Trinajstić information content (AvgIpc) is 2.38. The van der Waals surface area contributed by atoms with E-state index in [4.69, 9.17) is 0 Å². The summed E-state index contributed by atoms with van der Waals surface area (Å²) in [6, 6.07) is 4.84. The topological polar surface area (TPSA) is 118 Å². The van der Waals surface area contributed by atoms with Gasteiger partial charge in [0, 0.05) is 0 Å². The molecule has 2 N–H and O–H groups in total. The molecule has 2 heterocycles. The van der Waals surface area contributed by atoms with Crippen LogP contribution in [0.5, 0.6) is 0 Å². The highest BCUT2D eigenvalue weighted by molar-refractivity contribution is 5.72. The molecule has 0 radical (unpaired) electrons. The first-order valence-electron chi connectivity index (χ1n) is 5.32. The second-order valence-electron chi connectivity index (χ2n) is 3.61. The summed E-state index contributed by atoms with van der Waals surface area (Å²) in [6.45, 7) is 0. The fraction of sp³-hybridized carbons (Fsp3) is 0.182. The number of hydrogen-bond donors (Lipinski definition) is 2. The van der Waals surface area contributed by atoms with Crippen LogP contribution >= 0.6 is 0 Å². The molecule has 8 heteroatoms. The predicted molar refractivity (Wildman–Crippen MR) is 64.4 cm³/mol. The van der Waals surface area contributed by atoms with Crippen molar-refractivity contribution in [1.29, 1.82) is 0 Å². The summed E-state index contributed by atoms with van der Waals surface area (Å²) in [6.07, 6.45) is -0.00222. The van der Waals surface area contributed by atoms with Gasteiger partial charge in [0.15, 0.2) is 5.82 Å². The van der Waals surface area contributed by atoms with Gasteiger partial charge in [-0.3, -0.25) is 14.8 Å². The Hall–Kier alpha value is -2.77. The molecule has 2 aromatic rings. The lowest BCUT2D eigenvalue weighted by Gasteiger charge is -2.02. The number of aromatic amines is 2. The zero-order chi connectivity index (χ0) is 13.8. The molecular formula is C11H10N4O4. The SMILES string of the molecule is COC(=O)Cc1cccc(-c2nc(=O)[nH]c(=O)[nH]2)n1. The average molecular weight is 262 g/mol. The van der Waals surface area contributed by atoms with E-state index < -0.39 is 17.3 Å². The summed E-state index contributed by atoms with van der Waals surface area (Å²) in [5, 5.41) is 0. The fourth-order valence-corrected chi connectivity index (χ4v) is 1.44.